The lowest BCUT2D eigenvalue weighted by atomic mass is 9.81. The molecule has 2 radical (unpaired) electrons. The Bertz CT molecular complexity index is 1400. The molecule has 1 N–H and O–H groups in total. The van der Waals surface area contributed by atoms with Crippen LogP contribution in [-0.2, 0) is 11.0 Å². The van der Waals surface area contributed by atoms with Crippen molar-refractivity contribution in [3.8, 4) is 40.0 Å². The molecule has 0 spiro atoms. The zero-order chi connectivity index (χ0) is 26.7. The van der Waals surface area contributed by atoms with E-state index >= 15 is 0 Å². The number of nitrogens with zero attached hydrogens (tertiary/aromatic N) is 5. The highest BCUT2D eigenvalue weighted by molar-refractivity contribution is 6.57. The van der Waals surface area contributed by atoms with Crippen molar-refractivity contribution in [3.63, 3.8) is 0 Å². The molecule has 1 saturated carbocycles. The molecule has 5 rings (SSSR count). The Morgan fingerprint density at radius 1 is 0.974 bits per heavy atom. The highest BCUT2D eigenvalue weighted by atomic mass is 19.4. The van der Waals surface area contributed by atoms with E-state index in [0.29, 0.717) is 35.0 Å². The van der Waals surface area contributed by atoms with Crippen molar-refractivity contribution < 1.29 is 22.7 Å². The van der Waals surface area contributed by atoms with Crippen molar-refractivity contribution in [2.45, 2.75) is 44.4 Å². The fraction of sp³-hybridized carbons (Fsp3) is 0.308. The van der Waals surface area contributed by atoms with E-state index in [-0.39, 0.29) is 29.2 Å². The highest BCUT2D eigenvalue weighted by Gasteiger charge is 2.30. The minimum absolute atomic E-state index is 0.00423. The third kappa shape index (κ3) is 6.07. The summed E-state index contributed by atoms with van der Waals surface area (Å²) in [6.07, 6.45) is 4.21. The average molecular weight is 518 g/mol. The SMILES string of the molecule is [B]C(=O)CC1CCC(Oc2ncc(-c3ccc(-c4n[nH]c(-c5cccc(C(F)(F)F)c5)n4)cn3)cn2)CC1. The van der Waals surface area contributed by atoms with Gasteiger partial charge in [-0.1, -0.05) is 12.1 Å². The topological polar surface area (TPSA) is 107 Å². The number of pyridine rings is 1. The van der Waals surface area contributed by atoms with Crippen molar-refractivity contribution in [2.24, 2.45) is 5.92 Å². The number of hydrogen-bond donors (Lipinski definition) is 1. The number of nitrogens with one attached hydrogen (secondary N) is 1. The van der Waals surface area contributed by atoms with E-state index in [4.69, 9.17) is 12.6 Å². The normalized spacial score (nSPS) is 17.8. The van der Waals surface area contributed by atoms with Crippen LogP contribution in [0.5, 0.6) is 6.01 Å². The maximum Gasteiger partial charge on any atom is 0.416 e. The van der Waals surface area contributed by atoms with E-state index in [1.165, 1.54) is 12.1 Å². The lowest BCUT2D eigenvalue weighted by molar-refractivity contribution is -0.137. The van der Waals surface area contributed by atoms with Gasteiger partial charge in [-0.2, -0.15) is 18.3 Å². The minimum atomic E-state index is -4.45. The van der Waals surface area contributed by atoms with E-state index in [9.17, 15) is 18.0 Å². The number of carbonyl (C=O) groups excluding carboxylic acids is 1. The van der Waals surface area contributed by atoms with Crippen molar-refractivity contribution >= 4 is 13.5 Å². The van der Waals surface area contributed by atoms with Gasteiger partial charge < -0.3 is 9.53 Å². The van der Waals surface area contributed by atoms with Gasteiger partial charge in [0.15, 0.2) is 19.5 Å². The molecule has 3 aromatic heterocycles. The number of H-pyrrole nitrogens is 1. The summed E-state index contributed by atoms with van der Waals surface area (Å²) >= 11 is 0. The first-order chi connectivity index (χ1) is 18.2. The molecule has 0 aliphatic heterocycles. The van der Waals surface area contributed by atoms with Gasteiger partial charge >= 0.3 is 12.2 Å². The summed E-state index contributed by atoms with van der Waals surface area (Å²) < 4.78 is 45.0. The van der Waals surface area contributed by atoms with Gasteiger partial charge in [0.05, 0.1) is 16.9 Å². The largest absolute Gasteiger partial charge is 0.460 e. The molecule has 0 amide bonds. The van der Waals surface area contributed by atoms with Gasteiger partial charge in [-0.05, 0) is 62.3 Å². The Morgan fingerprint density at radius 3 is 2.37 bits per heavy atom. The number of hydrogen-bond acceptors (Lipinski definition) is 7. The molecule has 0 bridgehead atoms. The summed E-state index contributed by atoms with van der Waals surface area (Å²) in [5.74, 6) is 0.844. The third-order valence-electron chi connectivity index (χ3n) is 6.45. The van der Waals surface area contributed by atoms with Crippen LogP contribution in [0.25, 0.3) is 34.0 Å². The third-order valence-corrected chi connectivity index (χ3v) is 6.45. The number of halogens is 3. The summed E-state index contributed by atoms with van der Waals surface area (Å²) in [6, 6.07) is 8.69. The predicted molar refractivity (Wildman–Crippen MR) is 133 cm³/mol. The van der Waals surface area contributed by atoms with E-state index in [0.717, 1.165) is 37.8 Å². The molecule has 1 aliphatic carbocycles. The maximum absolute atomic E-state index is 13.0. The van der Waals surface area contributed by atoms with Crippen molar-refractivity contribution in [2.75, 3.05) is 0 Å². The fourth-order valence-corrected chi connectivity index (χ4v) is 4.46. The van der Waals surface area contributed by atoms with Crippen LogP contribution in [0.2, 0.25) is 0 Å². The molecule has 192 valence electrons. The molecule has 8 nitrogen and oxygen atoms in total. The molecular formula is C26H22BF3N6O2. The standard InChI is InChI=1S/C26H22BF3N6O2/c27-22(37)10-15-4-7-20(8-5-15)38-25-32-13-18(14-33-25)21-9-6-17(12-31-21)24-34-23(35-36-24)16-2-1-3-19(11-16)26(28,29)30/h1-3,6,9,11-15,20H,4-5,7-8,10H2,(H,34,35,36). The van der Waals surface area contributed by atoms with Crippen LogP contribution in [0.3, 0.4) is 0 Å². The number of rotatable bonds is 7. The van der Waals surface area contributed by atoms with Crippen LogP contribution in [0.1, 0.15) is 37.7 Å². The van der Waals surface area contributed by atoms with Gasteiger partial charge in [-0.25, -0.2) is 15.0 Å². The van der Waals surface area contributed by atoms with Crippen molar-refractivity contribution in [3.05, 3.63) is 60.6 Å². The number of benzene rings is 1. The Balaban J connectivity index is 1.21. The van der Waals surface area contributed by atoms with E-state index < -0.39 is 11.7 Å². The number of aromatic amines is 1. The molecular weight excluding hydrogens is 496 g/mol. The average Bonchev–Trinajstić information content (AvgIpc) is 3.40. The summed E-state index contributed by atoms with van der Waals surface area (Å²) in [7, 11) is 5.29. The van der Waals surface area contributed by atoms with Crippen LogP contribution in [0.4, 0.5) is 13.2 Å². The molecule has 1 aliphatic rings. The van der Waals surface area contributed by atoms with Crippen molar-refractivity contribution in [1.29, 1.82) is 0 Å². The molecule has 0 atom stereocenters. The predicted octanol–water partition coefficient (Wildman–Crippen LogP) is 5.03. The second-order valence-corrected chi connectivity index (χ2v) is 9.20. The fourth-order valence-electron chi connectivity index (χ4n) is 4.46. The lowest BCUT2D eigenvalue weighted by Crippen LogP contribution is -2.26. The van der Waals surface area contributed by atoms with Crippen LogP contribution in [-0.4, -0.2) is 49.8 Å². The summed E-state index contributed by atoms with van der Waals surface area (Å²) in [4.78, 5) is 28.5. The zero-order valence-electron chi connectivity index (χ0n) is 20.2. The summed E-state index contributed by atoms with van der Waals surface area (Å²) in [5, 5.41) is 6.81. The van der Waals surface area contributed by atoms with Gasteiger partial charge in [0.2, 0.25) is 0 Å². The van der Waals surface area contributed by atoms with E-state index in [2.05, 4.69) is 30.1 Å². The Kier molecular flexibility index (Phi) is 7.21. The number of carbonyl (C=O) groups is 1. The van der Waals surface area contributed by atoms with E-state index in [1.54, 1.807) is 30.7 Å². The molecule has 12 heteroatoms. The van der Waals surface area contributed by atoms with Crippen LogP contribution in [0, 0.1) is 5.92 Å². The van der Waals surface area contributed by atoms with E-state index in [1.807, 2.05) is 0 Å². The minimum Gasteiger partial charge on any atom is -0.460 e. The second kappa shape index (κ2) is 10.7. The Morgan fingerprint density at radius 2 is 1.71 bits per heavy atom. The zero-order valence-corrected chi connectivity index (χ0v) is 20.2. The van der Waals surface area contributed by atoms with Gasteiger partial charge in [0.25, 0.3) is 0 Å². The summed E-state index contributed by atoms with van der Waals surface area (Å²) in [6.45, 7) is 0. The smallest absolute Gasteiger partial charge is 0.416 e. The van der Waals surface area contributed by atoms with Gasteiger partial charge in [0, 0.05) is 35.3 Å². The quantitative estimate of drug-likeness (QED) is 0.342. The molecule has 0 unspecified atom stereocenters. The molecule has 4 aromatic rings. The molecule has 0 saturated heterocycles. The lowest BCUT2D eigenvalue weighted by Gasteiger charge is -2.27. The highest BCUT2D eigenvalue weighted by Crippen LogP contribution is 2.32. The van der Waals surface area contributed by atoms with Crippen molar-refractivity contribution in [1.82, 2.24) is 30.1 Å². The van der Waals surface area contributed by atoms with Gasteiger partial charge in [-0.3, -0.25) is 10.1 Å². The second-order valence-electron chi connectivity index (χ2n) is 9.20. The first-order valence-electron chi connectivity index (χ1n) is 12.1. The Labute approximate surface area is 217 Å². The number of alkyl halides is 3. The van der Waals surface area contributed by atoms with Crippen LogP contribution in [0.15, 0.2) is 55.0 Å². The summed E-state index contributed by atoms with van der Waals surface area (Å²) in [5.41, 5.74) is 1.16. The molecule has 1 fully saturated rings. The number of ether oxygens (including phenoxy) is 1. The monoisotopic (exact) mass is 518 g/mol. The van der Waals surface area contributed by atoms with Gasteiger partial charge in [-0.15, -0.1) is 0 Å². The van der Waals surface area contributed by atoms with Crippen LogP contribution < -0.4 is 4.74 Å². The Hall–Kier alpha value is -4.09. The van der Waals surface area contributed by atoms with Crippen LogP contribution >= 0.6 is 0 Å². The molecule has 1 aromatic carbocycles. The molecule has 38 heavy (non-hydrogen) atoms. The number of aromatic nitrogens is 6. The maximum atomic E-state index is 13.0. The van der Waals surface area contributed by atoms with Gasteiger partial charge in [0.1, 0.15) is 6.10 Å². The first-order valence-corrected chi connectivity index (χ1v) is 12.1. The first kappa shape index (κ1) is 25.6. The molecule has 3 heterocycles.